The van der Waals surface area contributed by atoms with E-state index in [1.165, 1.54) is 0 Å². The van der Waals surface area contributed by atoms with Crippen molar-refractivity contribution in [2.45, 2.75) is 0 Å². The molecule has 0 atom stereocenters. The molecule has 1 aromatic carbocycles. The van der Waals surface area contributed by atoms with Gasteiger partial charge in [0, 0.05) is 19.2 Å². The second kappa shape index (κ2) is 6.45. The Balaban J connectivity index is 2.74. The summed E-state index contributed by atoms with van der Waals surface area (Å²) in [7, 11) is 0. The number of nitro groups is 1. The predicted octanol–water partition coefficient (Wildman–Crippen LogP) is 0.979. The number of non-ortho nitro benzene ring substituents is 1. The first-order valence-corrected chi connectivity index (χ1v) is 5.13. The van der Waals surface area contributed by atoms with Crippen molar-refractivity contribution in [3.8, 4) is 0 Å². The van der Waals surface area contributed by atoms with Crippen molar-refractivity contribution in [3.05, 3.63) is 51.8 Å². The third-order valence-electron chi connectivity index (χ3n) is 2.09. The standard InChI is InChI=1S/C11H12FN3O3/c12-10-7-8(15(17)18)3-4-9(10)11(16)14-6-2-1-5-13/h1-4,7H,5-6,13H2,(H,14,16)/b2-1+. The van der Waals surface area contributed by atoms with Crippen LogP contribution in [0.3, 0.4) is 0 Å². The van der Waals surface area contributed by atoms with Crippen molar-refractivity contribution in [3.63, 3.8) is 0 Å². The van der Waals surface area contributed by atoms with Gasteiger partial charge in [0.1, 0.15) is 5.82 Å². The Morgan fingerprint density at radius 2 is 2.22 bits per heavy atom. The maximum absolute atomic E-state index is 13.4. The zero-order chi connectivity index (χ0) is 13.5. The van der Waals surface area contributed by atoms with Gasteiger partial charge in [-0.1, -0.05) is 12.2 Å². The number of nitrogens with one attached hydrogen (secondary N) is 1. The molecule has 0 aliphatic heterocycles. The van der Waals surface area contributed by atoms with Crippen molar-refractivity contribution >= 4 is 11.6 Å². The molecule has 7 heteroatoms. The summed E-state index contributed by atoms with van der Waals surface area (Å²) in [4.78, 5) is 21.2. The highest BCUT2D eigenvalue weighted by molar-refractivity contribution is 5.94. The van der Waals surface area contributed by atoms with E-state index < -0.39 is 22.3 Å². The van der Waals surface area contributed by atoms with E-state index in [9.17, 15) is 19.3 Å². The summed E-state index contributed by atoms with van der Waals surface area (Å²) in [6.07, 6.45) is 3.27. The van der Waals surface area contributed by atoms with Crippen molar-refractivity contribution in [1.29, 1.82) is 0 Å². The second-order valence-electron chi connectivity index (χ2n) is 3.34. The number of halogens is 1. The van der Waals surface area contributed by atoms with Gasteiger partial charge in [0.25, 0.3) is 11.6 Å². The average Bonchev–Trinajstić information content (AvgIpc) is 2.34. The number of amides is 1. The van der Waals surface area contributed by atoms with Crippen LogP contribution in [-0.4, -0.2) is 23.9 Å². The number of nitro benzene ring substituents is 1. The van der Waals surface area contributed by atoms with Crippen LogP contribution >= 0.6 is 0 Å². The Labute approximate surface area is 102 Å². The van der Waals surface area contributed by atoms with Crippen LogP contribution in [0, 0.1) is 15.9 Å². The van der Waals surface area contributed by atoms with Gasteiger partial charge in [-0.15, -0.1) is 0 Å². The summed E-state index contributed by atoms with van der Waals surface area (Å²) in [5.74, 6) is -1.56. The highest BCUT2D eigenvalue weighted by atomic mass is 19.1. The molecular formula is C11H12FN3O3. The van der Waals surface area contributed by atoms with Gasteiger partial charge in [-0.05, 0) is 6.07 Å². The number of rotatable bonds is 5. The second-order valence-corrected chi connectivity index (χ2v) is 3.34. The highest BCUT2D eigenvalue weighted by Gasteiger charge is 2.15. The average molecular weight is 253 g/mol. The fraction of sp³-hybridized carbons (Fsp3) is 0.182. The summed E-state index contributed by atoms with van der Waals surface area (Å²) < 4.78 is 13.4. The first-order chi connectivity index (χ1) is 8.56. The van der Waals surface area contributed by atoms with E-state index >= 15 is 0 Å². The molecule has 1 amide bonds. The Kier molecular flexibility index (Phi) is 4.94. The van der Waals surface area contributed by atoms with Crippen LogP contribution in [0.4, 0.5) is 10.1 Å². The molecule has 0 saturated heterocycles. The van der Waals surface area contributed by atoms with Crippen LogP contribution in [0.1, 0.15) is 10.4 Å². The minimum atomic E-state index is -0.926. The van der Waals surface area contributed by atoms with Gasteiger partial charge >= 0.3 is 0 Å². The van der Waals surface area contributed by atoms with Gasteiger partial charge in [-0.25, -0.2) is 4.39 Å². The molecule has 3 N–H and O–H groups in total. The number of carbonyl (C=O) groups excluding carboxylic acids is 1. The lowest BCUT2D eigenvalue weighted by Crippen LogP contribution is -2.24. The summed E-state index contributed by atoms with van der Waals surface area (Å²) >= 11 is 0. The van der Waals surface area contributed by atoms with Gasteiger partial charge in [-0.3, -0.25) is 14.9 Å². The largest absolute Gasteiger partial charge is 0.348 e. The monoisotopic (exact) mass is 253 g/mol. The summed E-state index contributed by atoms with van der Waals surface area (Å²) in [5, 5.41) is 12.8. The highest BCUT2D eigenvalue weighted by Crippen LogP contribution is 2.16. The topological polar surface area (TPSA) is 98.3 Å². The summed E-state index contributed by atoms with van der Waals surface area (Å²) in [6, 6.07) is 2.87. The van der Waals surface area contributed by atoms with Crippen molar-refractivity contribution in [1.82, 2.24) is 5.32 Å². The SMILES string of the molecule is NC/C=C/CNC(=O)c1ccc([N+](=O)[O-])cc1F. The Morgan fingerprint density at radius 3 is 2.78 bits per heavy atom. The van der Waals surface area contributed by atoms with E-state index in [2.05, 4.69) is 5.32 Å². The zero-order valence-corrected chi connectivity index (χ0v) is 9.43. The maximum Gasteiger partial charge on any atom is 0.272 e. The van der Waals surface area contributed by atoms with E-state index in [4.69, 9.17) is 5.73 Å². The third kappa shape index (κ3) is 3.63. The number of carbonyl (C=O) groups is 1. The van der Waals surface area contributed by atoms with E-state index in [1.54, 1.807) is 12.2 Å². The van der Waals surface area contributed by atoms with Crippen LogP contribution < -0.4 is 11.1 Å². The molecule has 0 aliphatic rings. The first kappa shape index (κ1) is 13.8. The van der Waals surface area contributed by atoms with Crippen LogP contribution in [0.5, 0.6) is 0 Å². The molecule has 96 valence electrons. The van der Waals surface area contributed by atoms with Gasteiger partial charge in [0.15, 0.2) is 0 Å². The molecule has 0 spiro atoms. The molecule has 0 heterocycles. The fourth-order valence-corrected chi connectivity index (χ4v) is 1.23. The zero-order valence-electron chi connectivity index (χ0n) is 9.43. The van der Waals surface area contributed by atoms with Gasteiger partial charge in [-0.2, -0.15) is 0 Å². The normalized spacial score (nSPS) is 10.6. The number of nitrogens with two attached hydrogens (primary N) is 1. The molecule has 18 heavy (non-hydrogen) atoms. The van der Waals surface area contributed by atoms with Gasteiger partial charge in [0.2, 0.25) is 0 Å². The number of nitrogens with zero attached hydrogens (tertiary/aromatic N) is 1. The Morgan fingerprint density at radius 1 is 1.50 bits per heavy atom. The molecule has 0 unspecified atom stereocenters. The number of hydrogen-bond donors (Lipinski definition) is 2. The molecule has 0 aromatic heterocycles. The molecule has 6 nitrogen and oxygen atoms in total. The molecular weight excluding hydrogens is 241 g/mol. The van der Waals surface area contributed by atoms with Crippen LogP contribution in [0.2, 0.25) is 0 Å². The Bertz CT molecular complexity index is 488. The fourth-order valence-electron chi connectivity index (χ4n) is 1.23. The molecule has 1 aromatic rings. The smallest absolute Gasteiger partial charge is 0.272 e. The summed E-state index contributed by atoms with van der Waals surface area (Å²) in [5.41, 5.74) is 4.57. The molecule has 0 saturated carbocycles. The number of hydrogen-bond acceptors (Lipinski definition) is 4. The lowest BCUT2D eigenvalue weighted by atomic mass is 10.2. The van der Waals surface area contributed by atoms with E-state index in [-0.39, 0.29) is 12.1 Å². The lowest BCUT2D eigenvalue weighted by Gasteiger charge is -2.03. The van der Waals surface area contributed by atoms with E-state index in [0.29, 0.717) is 12.6 Å². The van der Waals surface area contributed by atoms with Crippen LogP contribution in [0.25, 0.3) is 0 Å². The van der Waals surface area contributed by atoms with Crippen LogP contribution in [-0.2, 0) is 0 Å². The molecule has 0 bridgehead atoms. The minimum Gasteiger partial charge on any atom is -0.348 e. The third-order valence-corrected chi connectivity index (χ3v) is 2.09. The van der Waals surface area contributed by atoms with Crippen molar-refractivity contribution < 1.29 is 14.1 Å². The summed E-state index contributed by atoms with van der Waals surface area (Å²) in [6.45, 7) is 0.564. The lowest BCUT2D eigenvalue weighted by molar-refractivity contribution is -0.385. The predicted molar refractivity (Wildman–Crippen MR) is 63.6 cm³/mol. The number of benzene rings is 1. The van der Waals surface area contributed by atoms with E-state index in [0.717, 1.165) is 12.1 Å². The molecule has 0 aliphatic carbocycles. The molecule has 0 radical (unpaired) electrons. The molecule has 0 fully saturated rings. The Hall–Kier alpha value is -2.28. The quantitative estimate of drug-likeness (QED) is 0.464. The van der Waals surface area contributed by atoms with Crippen molar-refractivity contribution in [2.24, 2.45) is 5.73 Å². The van der Waals surface area contributed by atoms with E-state index in [1.807, 2.05) is 0 Å². The van der Waals surface area contributed by atoms with Gasteiger partial charge in [0.05, 0.1) is 16.6 Å². The van der Waals surface area contributed by atoms with Gasteiger partial charge < -0.3 is 11.1 Å². The molecule has 1 rings (SSSR count). The van der Waals surface area contributed by atoms with Crippen molar-refractivity contribution in [2.75, 3.05) is 13.1 Å². The maximum atomic E-state index is 13.4. The van der Waals surface area contributed by atoms with Crippen LogP contribution in [0.15, 0.2) is 30.4 Å². The first-order valence-electron chi connectivity index (χ1n) is 5.13. The minimum absolute atomic E-state index is 0.215.